The zero-order chi connectivity index (χ0) is 13.1. The Balaban J connectivity index is 2.44. The largest absolute Gasteiger partial charge is 0.391 e. The van der Waals surface area contributed by atoms with Crippen LogP contribution in [0.5, 0.6) is 0 Å². The van der Waals surface area contributed by atoms with E-state index in [0.29, 0.717) is 13.0 Å². The first-order valence-corrected chi connectivity index (χ1v) is 5.96. The van der Waals surface area contributed by atoms with Gasteiger partial charge in [-0.2, -0.15) is 18.4 Å². The Labute approximate surface area is 100 Å². The molecule has 2 unspecified atom stereocenters. The Morgan fingerprint density at radius 2 is 1.94 bits per heavy atom. The summed E-state index contributed by atoms with van der Waals surface area (Å²) in [6, 6.07) is 2.03. The Morgan fingerprint density at radius 3 is 2.47 bits per heavy atom. The Bertz CT molecular complexity index is 291. The molecule has 0 aromatic heterocycles. The normalized spacial score (nSPS) is 26.6. The van der Waals surface area contributed by atoms with Crippen molar-refractivity contribution in [1.82, 2.24) is 5.32 Å². The van der Waals surface area contributed by atoms with Crippen LogP contribution in [0, 0.1) is 22.7 Å². The molecule has 1 aliphatic rings. The second-order valence-corrected chi connectivity index (χ2v) is 5.48. The molecule has 1 aliphatic carbocycles. The van der Waals surface area contributed by atoms with E-state index in [1.807, 2.05) is 0 Å². The third-order valence-electron chi connectivity index (χ3n) is 3.27. The molecular formula is C12H19F3N2. The number of nitrogens with zero attached hydrogens (tertiary/aromatic N) is 1. The highest BCUT2D eigenvalue weighted by Gasteiger charge is 2.42. The molecule has 1 N–H and O–H groups in total. The number of nitrogens with one attached hydrogen (secondary N) is 1. The lowest BCUT2D eigenvalue weighted by Gasteiger charge is -2.32. The van der Waals surface area contributed by atoms with Crippen LogP contribution >= 0.6 is 0 Å². The smallest absolute Gasteiger partial charge is 0.312 e. The van der Waals surface area contributed by atoms with Crippen LogP contribution in [-0.2, 0) is 0 Å². The summed E-state index contributed by atoms with van der Waals surface area (Å²) in [6.45, 7) is 4.01. The van der Waals surface area contributed by atoms with Gasteiger partial charge >= 0.3 is 6.18 Å². The molecule has 0 aliphatic heterocycles. The van der Waals surface area contributed by atoms with Gasteiger partial charge in [-0.3, -0.25) is 0 Å². The predicted octanol–water partition coefficient (Wildman–Crippen LogP) is 3.25. The van der Waals surface area contributed by atoms with E-state index >= 15 is 0 Å². The van der Waals surface area contributed by atoms with Crippen molar-refractivity contribution >= 4 is 0 Å². The minimum Gasteiger partial charge on any atom is -0.312 e. The first-order valence-electron chi connectivity index (χ1n) is 5.96. The number of rotatable bonds is 3. The van der Waals surface area contributed by atoms with Crippen LogP contribution in [0.3, 0.4) is 0 Å². The Kier molecular flexibility index (Phi) is 4.42. The van der Waals surface area contributed by atoms with Crippen molar-refractivity contribution in [2.75, 3.05) is 6.54 Å². The summed E-state index contributed by atoms with van der Waals surface area (Å²) >= 11 is 0. The second kappa shape index (κ2) is 5.26. The molecule has 0 aromatic carbocycles. The first kappa shape index (κ1) is 14.3. The van der Waals surface area contributed by atoms with Crippen molar-refractivity contribution in [3.05, 3.63) is 0 Å². The molecule has 1 rings (SSSR count). The van der Waals surface area contributed by atoms with Gasteiger partial charge in [-0.15, -0.1) is 0 Å². The third kappa shape index (κ3) is 4.55. The fourth-order valence-corrected chi connectivity index (χ4v) is 2.11. The molecule has 0 amide bonds. The number of hydrogen-bond donors (Lipinski definition) is 1. The Hall–Kier alpha value is -0.760. The van der Waals surface area contributed by atoms with Gasteiger partial charge in [0.2, 0.25) is 0 Å². The average molecular weight is 248 g/mol. The maximum Gasteiger partial charge on any atom is 0.391 e. The highest BCUT2D eigenvalue weighted by atomic mass is 19.4. The monoisotopic (exact) mass is 248 g/mol. The minimum absolute atomic E-state index is 0.108. The van der Waals surface area contributed by atoms with Gasteiger partial charge < -0.3 is 5.32 Å². The number of alkyl halides is 3. The van der Waals surface area contributed by atoms with Crippen LogP contribution in [0.25, 0.3) is 0 Å². The quantitative estimate of drug-likeness (QED) is 0.832. The molecule has 2 nitrogen and oxygen atoms in total. The lowest BCUT2D eigenvalue weighted by molar-refractivity contribution is -0.183. The lowest BCUT2D eigenvalue weighted by atomic mass is 9.84. The van der Waals surface area contributed by atoms with Crippen LogP contribution in [-0.4, -0.2) is 18.8 Å². The lowest BCUT2D eigenvalue weighted by Crippen LogP contribution is -2.42. The van der Waals surface area contributed by atoms with E-state index in [2.05, 4.69) is 11.4 Å². The fraction of sp³-hybridized carbons (Fsp3) is 0.917. The van der Waals surface area contributed by atoms with Crippen LogP contribution < -0.4 is 5.32 Å². The fourth-order valence-electron chi connectivity index (χ4n) is 2.11. The average Bonchev–Trinajstić information content (AvgIpc) is 2.26. The van der Waals surface area contributed by atoms with Gasteiger partial charge in [0.05, 0.1) is 17.4 Å². The zero-order valence-corrected chi connectivity index (χ0v) is 10.3. The summed E-state index contributed by atoms with van der Waals surface area (Å²) in [5.41, 5.74) is -0.523. The molecule has 1 fully saturated rings. The summed E-state index contributed by atoms with van der Waals surface area (Å²) in [5.74, 6) is -1.18. The van der Waals surface area contributed by atoms with Crippen LogP contribution in [0.4, 0.5) is 13.2 Å². The first-order chi connectivity index (χ1) is 7.74. The minimum atomic E-state index is -4.08. The molecule has 5 heteroatoms. The van der Waals surface area contributed by atoms with Crippen LogP contribution in [0.2, 0.25) is 0 Å². The highest BCUT2D eigenvalue weighted by molar-refractivity contribution is 4.94. The van der Waals surface area contributed by atoms with Crippen molar-refractivity contribution in [2.24, 2.45) is 11.3 Å². The summed E-state index contributed by atoms with van der Waals surface area (Å²) < 4.78 is 37.7. The molecule has 1 saturated carbocycles. The molecular weight excluding hydrogens is 229 g/mol. The van der Waals surface area contributed by atoms with E-state index in [4.69, 9.17) is 5.26 Å². The van der Waals surface area contributed by atoms with Gasteiger partial charge in [-0.1, -0.05) is 6.42 Å². The molecule has 0 saturated heterocycles. The number of halogens is 3. The van der Waals surface area contributed by atoms with E-state index in [1.165, 1.54) is 0 Å². The van der Waals surface area contributed by atoms with E-state index in [0.717, 1.165) is 6.42 Å². The predicted molar refractivity (Wildman–Crippen MR) is 59.2 cm³/mol. The molecule has 0 bridgehead atoms. The van der Waals surface area contributed by atoms with E-state index < -0.39 is 17.5 Å². The van der Waals surface area contributed by atoms with Gasteiger partial charge in [0.15, 0.2) is 0 Å². The summed E-state index contributed by atoms with van der Waals surface area (Å²) in [7, 11) is 0. The van der Waals surface area contributed by atoms with Gasteiger partial charge in [-0.05, 0) is 33.1 Å². The SMILES string of the molecule is CC(C)(C#N)CNC1CCCC(C(F)(F)F)C1. The number of nitriles is 1. The van der Waals surface area contributed by atoms with Crippen LogP contribution in [0.1, 0.15) is 39.5 Å². The van der Waals surface area contributed by atoms with E-state index in [1.54, 1.807) is 13.8 Å². The van der Waals surface area contributed by atoms with Gasteiger partial charge in [-0.25, -0.2) is 0 Å². The van der Waals surface area contributed by atoms with Crippen molar-refractivity contribution in [3.63, 3.8) is 0 Å². The molecule has 0 radical (unpaired) electrons. The zero-order valence-electron chi connectivity index (χ0n) is 10.3. The van der Waals surface area contributed by atoms with E-state index in [9.17, 15) is 13.2 Å². The van der Waals surface area contributed by atoms with E-state index in [-0.39, 0.29) is 18.9 Å². The van der Waals surface area contributed by atoms with Crippen molar-refractivity contribution in [3.8, 4) is 6.07 Å². The van der Waals surface area contributed by atoms with Crippen molar-refractivity contribution < 1.29 is 13.2 Å². The molecule has 98 valence electrons. The standard InChI is InChI=1S/C12H19F3N2/c1-11(2,7-16)8-17-10-5-3-4-9(6-10)12(13,14)15/h9-10,17H,3-6,8H2,1-2H3. The second-order valence-electron chi connectivity index (χ2n) is 5.48. The highest BCUT2D eigenvalue weighted by Crippen LogP contribution is 2.37. The van der Waals surface area contributed by atoms with Gasteiger partial charge in [0, 0.05) is 12.6 Å². The Morgan fingerprint density at radius 1 is 1.29 bits per heavy atom. The maximum atomic E-state index is 12.6. The molecule has 0 aromatic rings. The van der Waals surface area contributed by atoms with Crippen LogP contribution in [0.15, 0.2) is 0 Å². The molecule has 0 spiro atoms. The summed E-state index contributed by atoms with van der Waals surface area (Å²) in [6.07, 6.45) is -2.32. The van der Waals surface area contributed by atoms with Gasteiger partial charge in [0.1, 0.15) is 0 Å². The number of hydrogen-bond acceptors (Lipinski definition) is 2. The topological polar surface area (TPSA) is 35.8 Å². The maximum absolute atomic E-state index is 12.6. The summed E-state index contributed by atoms with van der Waals surface area (Å²) in [5, 5.41) is 11.9. The van der Waals surface area contributed by atoms with Crippen molar-refractivity contribution in [2.45, 2.75) is 51.7 Å². The van der Waals surface area contributed by atoms with Gasteiger partial charge in [0.25, 0.3) is 0 Å². The summed E-state index contributed by atoms with van der Waals surface area (Å²) in [4.78, 5) is 0. The third-order valence-corrected chi connectivity index (χ3v) is 3.27. The molecule has 17 heavy (non-hydrogen) atoms. The molecule has 0 heterocycles. The molecule has 2 atom stereocenters. The van der Waals surface area contributed by atoms with Crippen molar-refractivity contribution in [1.29, 1.82) is 5.26 Å².